The lowest BCUT2D eigenvalue weighted by Gasteiger charge is -2.41. The number of rotatable bonds is 6. The second kappa shape index (κ2) is 6.30. The van der Waals surface area contributed by atoms with E-state index in [0.29, 0.717) is 6.61 Å². The summed E-state index contributed by atoms with van der Waals surface area (Å²) in [5, 5.41) is 0. The van der Waals surface area contributed by atoms with Crippen LogP contribution in [-0.2, 0) is 9.53 Å². The highest BCUT2D eigenvalue weighted by atomic mass is 32.3. The molecule has 0 aliphatic carbocycles. The Balaban J connectivity index is 5.01. The van der Waals surface area contributed by atoms with E-state index in [9.17, 15) is 4.79 Å². The maximum atomic E-state index is 11.9. The molecule has 0 spiro atoms. The van der Waals surface area contributed by atoms with Crippen molar-refractivity contribution in [3.63, 3.8) is 0 Å². The van der Waals surface area contributed by atoms with Crippen molar-refractivity contribution in [3.05, 3.63) is 0 Å². The Kier molecular flexibility index (Phi) is 6.52. The first-order valence-corrected chi connectivity index (χ1v) is 8.42. The molecule has 0 N–H and O–H groups in total. The Hall–Kier alpha value is 0.520. The Labute approximate surface area is 106 Å². The Morgan fingerprint density at radius 3 is 1.80 bits per heavy atom. The van der Waals surface area contributed by atoms with Gasteiger partial charge in [-0.2, -0.15) is 0 Å². The quantitative estimate of drug-likeness (QED) is 0.544. The summed E-state index contributed by atoms with van der Waals surface area (Å²) in [4.78, 5) is 11.9. The number of thioether (sulfide) groups is 3. The molecule has 0 heterocycles. The summed E-state index contributed by atoms with van der Waals surface area (Å²) >= 11 is 5.11. The van der Waals surface area contributed by atoms with Crippen LogP contribution in [0.2, 0.25) is 0 Å². The van der Waals surface area contributed by atoms with E-state index in [-0.39, 0.29) is 9.38 Å². The fraction of sp³-hybridized carbons (Fsp3) is 0.900. The molecule has 0 rings (SSSR count). The molecule has 90 valence electrons. The molecule has 0 fully saturated rings. The van der Waals surface area contributed by atoms with Crippen molar-refractivity contribution >= 4 is 41.3 Å². The van der Waals surface area contributed by atoms with Gasteiger partial charge in [-0.25, -0.2) is 0 Å². The van der Waals surface area contributed by atoms with Crippen molar-refractivity contribution < 1.29 is 9.53 Å². The fourth-order valence-corrected chi connectivity index (χ4v) is 5.23. The minimum atomic E-state index is -0.499. The minimum absolute atomic E-state index is 0.122. The standard InChI is InChI=1S/C10H20O2S3/c1-7-12-8(11)9(2,3)10(13-4,14-5)15-6/h7H2,1-6H3. The topological polar surface area (TPSA) is 26.3 Å². The first-order valence-electron chi connectivity index (χ1n) is 4.74. The van der Waals surface area contributed by atoms with Crippen LogP contribution in [0.25, 0.3) is 0 Å². The summed E-state index contributed by atoms with van der Waals surface area (Å²) < 4.78 is 4.96. The van der Waals surface area contributed by atoms with Crippen molar-refractivity contribution in [2.75, 3.05) is 25.4 Å². The average Bonchev–Trinajstić information content (AvgIpc) is 2.21. The van der Waals surface area contributed by atoms with Crippen LogP contribution in [0.15, 0.2) is 0 Å². The van der Waals surface area contributed by atoms with Gasteiger partial charge in [-0.05, 0) is 39.5 Å². The molecule has 5 heteroatoms. The zero-order chi connectivity index (χ0) is 12.1. The third kappa shape index (κ3) is 3.01. The van der Waals surface area contributed by atoms with Crippen LogP contribution in [0.5, 0.6) is 0 Å². The smallest absolute Gasteiger partial charge is 0.314 e. The highest BCUT2D eigenvalue weighted by Gasteiger charge is 2.50. The van der Waals surface area contributed by atoms with Crippen molar-refractivity contribution in [2.45, 2.75) is 24.2 Å². The van der Waals surface area contributed by atoms with E-state index >= 15 is 0 Å². The number of carbonyl (C=O) groups is 1. The zero-order valence-electron chi connectivity index (χ0n) is 10.2. The van der Waals surface area contributed by atoms with Crippen molar-refractivity contribution in [2.24, 2.45) is 5.41 Å². The second-order valence-corrected chi connectivity index (χ2v) is 7.35. The number of hydrogen-bond acceptors (Lipinski definition) is 5. The summed E-state index contributed by atoms with van der Waals surface area (Å²) in [6.45, 7) is 6.19. The Bertz CT molecular complexity index is 204. The summed E-state index contributed by atoms with van der Waals surface area (Å²) in [5.74, 6) is -0.122. The van der Waals surface area contributed by atoms with Gasteiger partial charge in [0.15, 0.2) is 0 Å². The van der Waals surface area contributed by atoms with Gasteiger partial charge in [0.05, 0.1) is 12.0 Å². The monoisotopic (exact) mass is 268 g/mol. The molecule has 0 aromatic rings. The molecule has 0 saturated heterocycles. The maximum Gasteiger partial charge on any atom is 0.314 e. The highest BCUT2D eigenvalue weighted by Crippen LogP contribution is 2.55. The van der Waals surface area contributed by atoms with Crippen LogP contribution < -0.4 is 0 Å². The van der Waals surface area contributed by atoms with Crippen molar-refractivity contribution in [3.8, 4) is 0 Å². The molecule has 0 aliphatic heterocycles. The third-order valence-electron chi connectivity index (χ3n) is 2.36. The molecule has 0 aromatic heterocycles. The highest BCUT2D eigenvalue weighted by molar-refractivity contribution is 8.33. The first kappa shape index (κ1) is 15.5. The molecule has 0 radical (unpaired) electrons. The fourth-order valence-electron chi connectivity index (χ4n) is 1.45. The van der Waals surface area contributed by atoms with E-state index in [1.54, 1.807) is 35.3 Å². The summed E-state index contributed by atoms with van der Waals surface area (Å²) in [6.07, 6.45) is 6.11. The summed E-state index contributed by atoms with van der Waals surface area (Å²) in [7, 11) is 0. The van der Waals surface area contributed by atoms with Crippen LogP contribution in [0, 0.1) is 5.41 Å². The van der Waals surface area contributed by atoms with Crippen LogP contribution in [0.1, 0.15) is 20.8 Å². The second-order valence-electron chi connectivity index (χ2n) is 3.51. The van der Waals surface area contributed by atoms with Gasteiger partial charge in [-0.1, -0.05) is 0 Å². The lowest BCUT2D eigenvalue weighted by Crippen LogP contribution is -2.43. The van der Waals surface area contributed by atoms with Gasteiger partial charge in [0, 0.05) is 0 Å². The summed E-state index contributed by atoms with van der Waals surface area (Å²) in [5.41, 5.74) is -0.499. The molecule has 15 heavy (non-hydrogen) atoms. The molecule has 0 aliphatic rings. The largest absolute Gasteiger partial charge is 0.465 e. The van der Waals surface area contributed by atoms with Gasteiger partial charge in [-0.3, -0.25) is 4.79 Å². The molecule has 0 atom stereocenters. The first-order chi connectivity index (χ1) is 6.91. The van der Waals surface area contributed by atoms with E-state index in [1.807, 2.05) is 39.5 Å². The molecule has 0 aromatic carbocycles. The van der Waals surface area contributed by atoms with Crippen LogP contribution in [-0.4, -0.2) is 34.8 Å². The zero-order valence-corrected chi connectivity index (χ0v) is 12.7. The number of carbonyl (C=O) groups excluding carboxylic acids is 1. The molecular formula is C10H20O2S3. The Morgan fingerprint density at radius 1 is 1.13 bits per heavy atom. The molecule has 0 bridgehead atoms. The van der Waals surface area contributed by atoms with E-state index < -0.39 is 5.41 Å². The predicted molar refractivity (Wildman–Crippen MR) is 73.7 cm³/mol. The SMILES string of the molecule is CCOC(=O)C(C)(C)C(SC)(SC)SC. The molecule has 0 saturated carbocycles. The van der Waals surface area contributed by atoms with Gasteiger partial charge >= 0.3 is 5.97 Å². The minimum Gasteiger partial charge on any atom is -0.465 e. The Morgan fingerprint density at radius 2 is 1.53 bits per heavy atom. The lowest BCUT2D eigenvalue weighted by molar-refractivity contribution is -0.152. The number of ether oxygens (including phenoxy) is 1. The predicted octanol–water partition coefficient (Wildman–Crippen LogP) is 3.32. The van der Waals surface area contributed by atoms with E-state index in [0.717, 1.165) is 0 Å². The van der Waals surface area contributed by atoms with Crippen molar-refractivity contribution in [1.29, 1.82) is 0 Å². The van der Waals surface area contributed by atoms with Crippen LogP contribution in [0.4, 0.5) is 0 Å². The third-order valence-corrected chi connectivity index (χ3v) is 8.50. The van der Waals surface area contributed by atoms with E-state index in [2.05, 4.69) is 0 Å². The van der Waals surface area contributed by atoms with Crippen molar-refractivity contribution in [1.82, 2.24) is 0 Å². The van der Waals surface area contributed by atoms with Gasteiger partial charge in [0.1, 0.15) is 3.41 Å². The van der Waals surface area contributed by atoms with Gasteiger partial charge in [0.2, 0.25) is 0 Å². The lowest BCUT2D eigenvalue weighted by atomic mass is 9.96. The molecular weight excluding hydrogens is 248 g/mol. The number of hydrogen-bond donors (Lipinski definition) is 0. The summed E-state index contributed by atoms with van der Waals surface area (Å²) in [6, 6.07) is 0. The van der Waals surface area contributed by atoms with E-state index in [1.165, 1.54) is 0 Å². The van der Waals surface area contributed by atoms with Gasteiger partial charge < -0.3 is 4.74 Å². The molecule has 0 unspecified atom stereocenters. The van der Waals surface area contributed by atoms with Gasteiger partial charge in [-0.15, -0.1) is 35.3 Å². The van der Waals surface area contributed by atoms with Crippen LogP contribution in [0.3, 0.4) is 0 Å². The van der Waals surface area contributed by atoms with Gasteiger partial charge in [0.25, 0.3) is 0 Å². The normalized spacial score (nSPS) is 12.7. The molecule has 0 amide bonds. The number of esters is 1. The molecule has 2 nitrogen and oxygen atoms in total. The maximum absolute atomic E-state index is 11.9. The average molecular weight is 268 g/mol. The van der Waals surface area contributed by atoms with E-state index in [4.69, 9.17) is 4.74 Å². The van der Waals surface area contributed by atoms with Crippen LogP contribution >= 0.6 is 35.3 Å².